The Hall–Kier alpha value is -2.18. The highest BCUT2D eigenvalue weighted by Crippen LogP contribution is 2.26. The van der Waals surface area contributed by atoms with Crippen molar-refractivity contribution < 1.29 is 4.92 Å². The summed E-state index contributed by atoms with van der Waals surface area (Å²) in [6.07, 6.45) is 4.76. The highest BCUT2D eigenvalue weighted by atomic mass is 16.6. The summed E-state index contributed by atoms with van der Waals surface area (Å²) < 4.78 is 3.19. The summed E-state index contributed by atoms with van der Waals surface area (Å²) in [5.74, 6) is 0.447. The lowest BCUT2D eigenvalue weighted by molar-refractivity contribution is -0.385. The lowest BCUT2D eigenvalue weighted by atomic mass is 10.4. The summed E-state index contributed by atoms with van der Waals surface area (Å²) in [5, 5.41) is 15.1. The molecule has 7 heteroatoms. The number of hydrogen-bond donors (Lipinski definition) is 0. The smallest absolute Gasteiger partial charge is 0.285 e. The van der Waals surface area contributed by atoms with Crippen LogP contribution in [0, 0.1) is 17.0 Å². The van der Waals surface area contributed by atoms with E-state index in [2.05, 4.69) is 10.1 Å². The van der Waals surface area contributed by atoms with E-state index < -0.39 is 4.92 Å². The first-order valence-corrected chi connectivity index (χ1v) is 4.85. The molecule has 0 radical (unpaired) electrons. The Kier molecular flexibility index (Phi) is 2.43. The molecule has 0 N–H and O–H groups in total. The Morgan fingerprint density at radius 2 is 2.31 bits per heavy atom. The topological polar surface area (TPSA) is 78.8 Å². The molecule has 2 heterocycles. The number of aromatic nitrogens is 4. The van der Waals surface area contributed by atoms with Crippen molar-refractivity contribution in [2.24, 2.45) is 0 Å². The predicted molar refractivity (Wildman–Crippen MR) is 56.4 cm³/mol. The Labute approximate surface area is 91.5 Å². The highest BCUT2D eigenvalue weighted by Gasteiger charge is 2.25. The molecule has 2 rings (SSSR count). The van der Waals surface area contributed by atoms with Gasteiger partial charge in [0.1, 0.15) is 12.0 Å². The van der Waals surface area contributed by atoms with Crippen molar-refractivity contribution in [2.45, 2.75) is 20.4 Å². The van der Waals surface area contributed by atoms with Crippen molar-refractivity contribution in [3.8, 4) is 5.82 Å². The summed E-state index contributed by atoms with van der Waals surface area (Å²) in [5.41, 5.74) is 0.440. The van der Waals surface area contributed by atoms with Crippen LogP contribution >= 0.6 is 0 Å². The van der Waals surface area contributed by atoms with Gasteiger partial charge in [0, 0.05) is 18.9 Å². The molecule has 16 heavy (non-hydrogen) atoms. The normalized spacial score (nSPS) is 10.6. The van der Waals surface area contributed by atoms with Crippen LogP contribution in [0.3, 0.4) is 0 Å². The maximum atomic E-state index is 11.0. The van der Waals surface area contributed by atoms with Gasteiger partial charge in [0.15, 0.2) is 0 Å². The zero-order valence-corrected chi connectivity index (χ0v) is 8.99. The number of imidazole rings is 1. The van der Waals surface area contributed by atoms with Gasteiger partial charge in [-0.05, 0) is 13.8 Å². The van der Waals surface area contributed by atoms with Crippen LogP contribution in [-0.2, 0) is 6.54 Å². The van der Waals surface area contributed by atoms with Gasteiger partial charge in [-0.2, -0.15) is 5.10 Å². The molecular weight excluding hydrogens is 210 g/mol. The second-order valence-corrected chi connectivity index (χ2v) is 3.30. The van der Waals surface area contributed by atoms with Gasteiger partial charge in [-0.25, -0.2) is 9.67 Å². The summed E-state index contributed by atoms with van der Waals surface area (Å²) in [7, 11) is 0. The molecule has 0 aliphatic heterocycles. The number of hydrogen-bond acceptors (Lipinski definition) is 4. The van der Waals surface area contributed by atoms with Gasteiger partial charge in [-0.15, -0.1) is 0 Å². The Bertz CT molecular complexity index is 514. The van der Waals surface area contributed by atoms with Crippen LogP contribution in [0.25, 0.3) is 5.82 Å². The standard InChI is InChI=1S/C9H11N5O2/c1-3-13-9(12-5-4-10-6-12)8(14(15)16)7(2)11-13/h4-6H,3H2,1-2H3. The van der Waals surface area contributed by atoms with E-state index in [9.17, 15) is 10.1 Å². The molecule has 0 fully saturated rings. The van der Waals surface area contributed by atoms with Crippen LogP contribution in [0.4, 0.5) is 5.69 Å². The SMILES string of the molecule is CCn1nc(C)c([N+](=O)[O-])c1-n1ccnc1. The van der Waals surface area contributed by atoms with E-state index in [1.807, 2.05) is 6.92 Å². The second-order valence-electron chi connectivity index (χ2n) is 3.30. The van der Waals surface area contributed by atoms with Crippen molar-refractivity contribution in [2.75, 3.05) is 0 Å². The first kappa shape index (κ1) is 10.3. The average molecular weight is 221 g/mol. The van der Waals surface area contributed by atoms with Crippen LogP contribution in [0.15, 0.2) is 18.7 Å². The summed E-state index contributed by atoms with van der Waals surface area (Å²) in [6.45, 7) is 4.09. The minimum absolute atomic E-state index is 0.0276. The van der Waals surface area contributed by atoms with E-state index >= 15 is 0 Å². The second kappa shape index (κ2) is 3.76. The molecule has 2 aromatic heterocycles. The van der Waals surface area contributed by atoms with Crippen molar-refractivity contribution >= 4 is 5.69 Å². The van der Waals surface area contributed by atoms with Crippen LogP contribution in [0.5, 0.6) is 0 Å². The zero-order chi connectivity index (χ0) is 11.7. The molecule has 0 bridgehead atoms. The summed E-state index contributed by atoms with van der Waals surface area (Å²) >= 11 is 0. The molecule has 0 aromatic carbocycles. The average Bonchev–Trinajstić information content (AvgIpc) is 2.82. The molecule has 0 saturated carbocycles. The van der Waals surface area contributed by atoms with Gasteiger partial charge in [-0.3, -0.25) is 14.7 Å². The zero-order valence-electron chi connectivity index (χ0n) is 8.99. The first-order valence-electron chi connectivity index (χ1n) is 4.85. The maximum Gasteiger partial charge on any atom is 0.334 e. The minimum Gasteiger partial charge on any atom is -0.285 e. The molecule has 7 nitrogen and oxygen atoms in total. The van der Waals surface area contributed by atoms with Crippen molar-refractivity contribution in [3.63, 3.8) is 0 Å². The lowest BCUT2D eigenvalue weighted by Gasteiger charge is -2.03. The summed E-state index contributed by atoms with van der Waals surface area (Å²) in [6, 6.07) is 0. The van der Waals surface area contributed by atoms with Crippen LogP contribution in [0.2, 0.25) is 0 Å². The molecule has 2 aromatic rings. The quantitative estimate of drug-likeness (QED) is 0.578. The van der Waals surface area contributed by atoms with E-state index in [-0.39, 0.29) is 5.69 Å². The molecule has 0 atom stereocenters. The fraction of sp³-hybridized carbons (Fsp3) is 0.333. The monoisotopic (exact) mass is 221 g/mol. The molecular formula is C9H11N5O2. The van der Waals surface area contributed by atoms with Gasteiger partial charge in [0.25, 0.3) is 0 Å². The molecule has 84 valence electrons. The van der Waals surface area contributed by atoms with Gasteiger partial charge >= 0.3 is 5.69 Å². The number of nitro groups is 1. The number of nitrogens with zero attached hydrogens (tertiary/aromatic N) is 5. The van der Waals surface area contributed by atoms with Crippen molar-refractivity contribution in [1.82, 2.24) is 19.3 Å². The largest absolute Gasteiger partial charge is 0.334 e. The Morgan fingerprint density at radius 1 is 1.56 bits per heavy atom. The van der Waals surface area contributed by atoms with E-state index in [1.165, 1.54) is 6.33 Å². The van der Waals surface area contributed by atoms with Crippen LogP contribution in [0.1, 0.15) is 12.6 Å². The van der Waals surface area contributed by atoms with Crippen LogP contribution < -0.4 is 0 Å². The highest BCUT2D eigenvalue weighted by molar-refractivity contribution is 5.51. The van der Waals surface area contributed by atoms with E-state index in [0.717, 1.165) is 0 Å². The van der Waals surface area contributed by atoms with Gasteiger partial charge in [0.05, 0.1) is 4.92 Å². The van der Waals surface area contributed by atoms with E-state index in [4.69, 9.17) is 0 Å². The van der Waals surface area contributed by atoms with Gasteiger partial charge in [0.2, 0.25) is 5.82 Å². The molecule has 0 aliphatic rings. The molecule has 0 spiro atoms. The van der Waals surface area contributed by atoms with E-state index in [0.29, 0.717) is 18.1 Å². The third-order valence-electron chi connectivity index (χ3n) is 2.30. The number of rotatable bonds is 3. The third kappa shape index (κ3) is 1.46. The Morgan fingerprint density at radius 3 is 2.81 bits per heavy atom. The van der Waals surface area contributed by atoms with Crippen LogP contribution in [-0.4, -0.2) is 24.3 Å². The van der Waals surface area contributed by atoms with Crippen molar-refractivity contribution in [3.05, 3.63) is 34.5 Å². The lowest BCUT2D eigenvalue weighted by Crippen LogP contribution is -2.06. The van der Waals surface area contributed by atoms with Crippen molar-refractivity contribution in [1.29, 1.82) is 0 Å². The predicted octanol–water partition coefficient (Wildman–Crippen LogP) is 1.31. The third-order valence-corrected chi connectivity index (χ3v) is 2.30. The molecule has 0 amide bonds. The first-order chi connectivity index (χ1) is 7.65. The Balaban J connectivity index is 2.70. The molecule has 0 saturated heterocycles. The van der Waals surface area contributed by atoms with Gasteiger partial charge < -0.3 is 0 Å². The van der Waals surface area contributed by atoms with E-state index in [1.54, 1.807) is 28.6 Å². The number of aryl methyl sites for hydroxylation is 2. The molecule has 0 aliphatic carbocycles. The fourth-order valence-corrected chi connectivity index (χ4v) is 1.63. The summed E-state index contributed by atoms with van der Waals surface area (Å²) in [4.78, 5) is 14.5. The van der Waals surface area contributed by atoms with Gasteiger partial charge in [-0.1, -0.05) is 0 Å². The maximum absolute atomic E-state index is 11.0. The minimum atomic E-state index is -0.413. The molecule has 0 unspecified atom stereocenters. The fourth-order valence-electron chi connectivity index (χ4n) is 1.63.